The molecule has 3 atom stereocenters. The molecule has 1 saturated heterocycles. The summed E-state index contributed by atoms with van der Waals surface area (Å²) in [7, 11) is 0. The minimum Gasteiger partial charge on any atom is -0.481 e. The maximum Gasteiger partial charge on any atom is 0.307 e. The summed E-state index contributed by atoms with van der Waals surface area (Å²) in [6, 6.07) is 0. The molecular formula is C17H23N3O2. The molecular weight excluding hydrogens is 278 g/mol. The maximum atomic E-state index is 11.0. The second-order valence-corrected chi connectivity index (χ2v) is 7.17. The fourth-order valence-corrected chi connectivity index (χ4v) is 4.39. The average Bonchev–Trinajstić information content (AvgIpc) is 3.06. The summed E-state index contributed by atoms with van der Waals surface area (Å²) in [6.45, 7) is 2.67. The molecule has 1 aromatic heterocycles. The van der Waals surface area contributed by atoms with E-state index in [0.29, 0.717) is 17.8 Å². The Morgan fingerprint density at radius 3 is 2.36 bits per heavy atom. The monoisotopic (exact) mass is 301 g/mol. The van der Waals surface area contributed by atoms with Gasteiger partial charge in [-0.05, 0) is 24.7 Å². The molecule has 0 amide bonds. The SMILES string of the molecule is O=C(O)C1[C@H]2CN(Cc3cnc(C4CCCCC4)nc3)C[C@@H]12. The van der Waals surface area contributed by atoms with Crippen molar-refractivity contribution in [2.75, 3.05) is 13.1 Å². The molecule has 0 spiro atoms. The lowest BCUT2D eigenvalue weighted by Crippen LogP contribution is -2.26. The van der Waals surface area contributed by atoms with Crippen LogP contribution in [0.15, 0.2) is 12.4 Å². The lowest BCUT2D eigenvalue weighted by atomic mass is 9.89. The van der Waals surface area contributed by atoms with Gasteiger partial charge < -0.3 is 5.11 Å². The van der Waals surface area contributed by atoms with Gasteiger partial charge in [0.1, 0.15) is 5.82 Å². The van der Waals surface area contributed by atoms with E-state index in [1.54, 1.807) is 0 Å². The number of aliphatic carboxylic acids is 1. The predicted molar refractivity (Wildman–Crippen MR) is 81.2 cm³/mol. The van der Waals surface area contributed by atoms with Crippen LogP contribution in [-0.4, -0.2) is 39.0 Å². The Morgan fingerprint density at radius 1 is 1.14 bits per heavy atom. The van der Waals surface area contributed by atoms with Gasteiger partial charge in [0, 0.05) is 43.5 Å². The van der Waals surface area contributed by atoms with Gasteiger partial charge in [0.15, 0.2) is 0 Å². The first-order valence-electron chi connectivity index (χ1n) is 8.48. The zero-order chi connectivity index (χ0) is 15.1. The summed E-state index contributed by atoms with van der Waals surface area (Å²) in [5.41, 5.74) is 1.15. The van der Waals surface area contributed by atoms with E-state index < -0.39 is 5.97 Å². The number of carbonyl (C=O) groups is 1. The van der Waals surface area contributed by atoms with E-state index >= 15 is 0 Å². The Bertz CT molecular complexity index is 542. The van der Waals surface area contributed by atoms with Crippen molar-refractivity contribution >= 4 is 5.97 Å². The number of fused-ring (bicyclic) bond motifs is 1. The van der Waals surface area contributed by atoms with Gasteiger partial charge in [-0.25, -0.2) is 9.97 Å². The van der Waals surface area contributed by atoms with Crippen molar-refractivity contribution in [2.24, 2.45) is 17.8 Å². The smallest absolute Gasteiger partial charge is 0.307 e. The van der Waals surface area contributed by atoms with Gasteiger partial charge in [0.2, 0.25) is 0 Å². The molecule has 118 valence electrons. The highest BCUT2D eigenvalue weighted by molar-refractivity contribution is 5.74. The zero-order valence-electron chi connectivity index (χ0n) is 12.8. The second kappa shape index (κ2) is 5.61. The first-order chi connectivity index (χ1) is 10.7. The van der Waals surface area contributed by atoms with Gasteiger partial charge in [0.25, 0.3) is 0 Å². The Balaban J connectivity index is 1.32. The number of rotatable bonds is 4. The Morgan fingerprint density at radius 2 is 1.77 bits per heavy atom. The minimum absolute atomic E-state index is 0.0822. The number of carboxylic acids is 1. The minimum atomic E-state index is -0.616. The van der Waals surface area contributed by atoms with E-state index in [0.717, 1.165) is 31.0 Å². The lowest BCUT2D eigenvalue weighted by Gasteiger charge is -2.21. The third-order valence-electron chi connectivity index (χ3n) is 5.66. The Kier molecular flexibility index (Phi) is 3.60. The number of hydrogen-bond acceptors (Lipinski definition) is 4. The van der Waals surface area contributed by atoms with E-state index in [1.807, 2.05) is 12.4 Å². The molecule has 1 aromatic rings. The molecule has 1 unspecified atom stereocenters. The van der Waals surface area contributed by atoms with Crippen molar-refractivity contribution in [3.05, 3.63) is 23.8 Å². The highest BCUT2D eigenvalue weighted by Crippen LogP contribution is 2.51. The summed E-state index contributed by atoms with van der Waals surface area (Å²) in [6.07, 6.45) is 10.3. The Labute approximate surface area is 130 Å². The normalized spacial score (nSPS) is 31.9. The maximum absolute atomic E-state index is 11.0. The Hall–Kier alpha value is -1.49. The van der Waals surface area contributed by atoms with E-state index in [1.165, 1.54) is 32.1 Å². The number of likely N-dealkylation sites (tertiary alicyclic amines) is 1. The van der Waals surface area contributed by atoms with E-state index in [9.17, 15) is 4.79 Å². The van der Waals surface area contributed by atoms with Crippen LogP contribution in [0.2, 0.25) is 0 Å². The van der Waals surface area contributed by atoms with Crippen molar-refractivity contribution in [2.45, 2.75) is 44.6 Å². The molecule has 1 N–H and O–H groups in total. The van der Waals surface area contributed by atoms with Crippen LogP contribution in [0.5, 0.6) is 0 Å². The topological polar surface area (TPSA) is 66.3 Å². The second-order valence-electron chi connectivity index (χ2n) is 7.17. The molecule has 5 nitrogen and oxygen atoms in total. The van der Waals surface area contributed by atoms with Crippen LogP contribution in [-0.2, 0) is 11.3 Å². The van der Waals surface area contributed by atoms with Crippen molar-refractivity contribution in [1.29, 1.82) is 0 Å². The van der Waals surface area contributed by atoms with Crippen molar-refractivity contribution in [1.82, 2.24) is 14.9 Å². The van der Waals surface area contributed by atoms with Crippen LogP contribution >= 0.6 is 0 Å². The number of nitrogens with zero attached hydrogens (tertiary/aromatic N) is 3. The highest BCUT2D eigenvalue weighted by atomic mass is 16.4. The quantitative estimate of drug-likeness (QED) is 0.924. The molecule has 0 aromatic carbocycles. The van der Waals surface area contributed by atoms with E-state index in [-0.39, 0.29) is 5.92 Å². The summed E-state index contributed by atoms with van der Waals surface area (Å²) in [5.74, 6) is 1.62. The third kappa shape index (κ3) is 2.62. The van der Waals surface area contributed by atoms with Gasteiger partial charge in [-0.1, -0.05) is 19.3 Å². The summed E-state index contributed by atoms with van der Waals surface area (Å²) in [4.78, 5) is 22.5. The number of hydrogen-bond donors (Lipinski definition) is 1. The molecule has 0 radical (unpaired) electrons. The van der Waals surface area contributed by atoms with Gasteiger partial charge in [-0.2, -0.15) is 0 Å². The molecule has 5 heteroatoms. The molecule has 3 aliphatic rings. The summed E-state index contributed by atoms with van der Waals surface area (Å²) in [5, 5.41) is 9.05. The number of aromatic nitrogens is 2. The largest absolute Gasteiger partial charge is 0.481 e. The van der Waals surface area contributed by atoms with Crippen molar-refractivity contribution in [3.8, 4) is 0 Å². The first-order valence-corrected chi connectivity index (χ1v) is 8.48. The standard InChI is InChI=1S/C17H23N3O2/c21-17(22)15-13-9-20(10-14(13)15)8-11-6-18-16(19-7-11)12-4-2-1-3-5-12/h6-7,12-15H,1-5,8-10H2,(H,21,22)/t13-,14+,15?. The fourth-order valence-electron chi connectivity index (χ4n) is 4.39. The van der Waals surface area contributed by atoms with Gasteiger partial charge in [-0.15, -0.1) is 0 Å². The first kappa shape index (κ1) is 14.1. The molecule has 2 saturated carbocycles. The third-order valence-corrected chi connectivity index (χ3v) is 5.66. The van der Waals surface area contributed by atoms with Gasteiger partial charge in [-0.3, -0.25) is 9.69 Å². The predicted octanol–water partition coefficient (Wildman–Crippen LogP) is 2.29. The van der Waals surface area contributed by atoms with Gasteiger partial charge in [0.05, 0.1) is 5.92 Å². The molecule has 2 aliphatic carbocycles. The van der Waals surface area contributed by atoms with Crippen LogP contribution in [0.25, 0.3) is 0 Å². The van der Waals surface area contributed by atoms with Crippen LogP contribution in [0.4, 0.5) is 0 Å². The van der Waals surface area contributed by atoms with Crippen molar-refractivity contribution < 1.29 is 9.90 Å². The van der Waals surface area contributed by atoms with E-state index in [2.05, 4.69) is 14.9 Å². The summed E-state index contributed by atoms with van der Waals surface area (Å²) >= 11 is 0. The highest BCUT2D eigenvalue weighted by Gasteiger charge is 2.59. The van der Waals surface area contributed by atoms with Crippen LogP contribution < -0.4 is 0 Å². The molecule has 4 rings (SSSR count). The molecule has 22 heavy (non-hydrogen) atoms. The van der Waals surface area contributed by atoms with Crippen molar-refractivity contribution in [3.63, 3.8) is 0 Å². The lowest BCUT2D eigenvalue weighted by molar-refractivity contribution is -0.139. The molecule has 3 fully saturated rings. The molecule has 1 aliphatic heterocycles. The summed E-state index contributed by atoms with van der Waals surface area (Å²) < 4.78 is 0. The molecule has 2 heterocycles. The van der Waals surface area contributed by atoms with Crippen LogP contribution in [0.1, 0.15) is 49.4 Å². The van der Waals surface area contributed by atoms with Crippen LogP contribution in [0, 0.1) is 17.8 Å². The van der Waals surface area contributed by atoms with Gasteiger partial charge >= 0.3 is 5.97 Å². The number of carboxylic acid groups (broad SMARTS) is 1. The van der Waals surface area contributed by atoms with Crippen LogP contribution in [0.3, 0.4) is 0 Å². The molecule has 0 bridgehead atoms. The zero-order valence-corrected chi connectivity index (χ0v) is 12.8. The fraction of sp³-hybridized carbons (Fsp3) is 0.706. The average molecular weight is 301 g/mol. The number of piperidine rings is 1. The van der Waals surface area contributed by atoms with E-state index in [4.69, 9.17) is 5.11 Å².